The van der Waals surface area contributed by atoms with Gasteiger partial charge in [-0.15, -0.1) is 0 Å². The number of benzene rings is 1. The third kappa shape index (κ3) is 4.08. The average molecular weight is 245 g/mol. The van der Waals surface area contributed by atoms with Gasteiger partial charge < -0.3 is 9.84 Å². The minimum absolute atomic E-state index is 0.0878. The number of methoxy groups -OCH3 is 1. The van der Waals surface area contributed by atoms with Crippen LogP contribution in [0.5, 0.6) is 5.75 Å². The standard InChI is InChI=1S/C10H15NO4S/c1-15-10-5-3-9(4-6-10)11-16(13,14)8-2-7-12/h3-6,11-12H,2,7-8H2,1H3. The van der Waals surface area contributed by atoms with E-state index < -0.39 is 10.0 Å². The van der Waals surface area contributed by atoms with Gasteiger partial charge in [0.25, 0.3) is 0 Å². The Labute approximate surface area is 95.1 Å². The Bertz CT molecular complexity index is 413. The molecule has 0 aliphatic rings. The first-order valence-electron chi connectivity index (χ1n) is 4.83. The van der Waals surface area contributed by atoms with Crippen molar-refractivity contribution in [1.82, 2.24) is 0 Å². The molecular weight excluding hydrogens is 230 g/mol. The third-order valence-electron chi connectivity index (χ3n) is 1.93. The molecule has 0 aliphatic carbocycles. The van der Waals surface area contributed by atoms with E-state index in [2.05, 4.69) is 4.72 Å². The molecule has 1 rings (SSSR count). The van der Waals surface area contributed by atoms with Crippen molar-refractivity contribution >= 4 is 15.7 Å². The molecule has 5 nitrogen and oxygen atoms in total. The molecule has 0 saturated carbocycles. The van der Waals surface area contributed by atoms with Gasteiger partial charge >= 0.3 is 0 Å². The lowest BCUT2D eigenvalue weighted by atomic mass is 10.3. The molecule has 0 spiro atoms. The Balaban J connectivity index is 2.65. The summed E-state index contributed by atoms with van der Waals surface area (Å²) in [5, 5.41) is 8.56. The number of hydrogen-bond acceptors (Lipinski definition) is 4. The van der Waals surface area contributed by atoms with Gasteiger partial charge in [0.2, 0.25) is 10.0 Å². The normalized spacial score (nSPS) is 11.1. The summed E-state index contributed by atoms with van der Waals surface area (Å²) in [5.74, 6) is 0.577. The van der Waals surface area contributed by atoms with Crippen molar-refractivity contribution in [3.63, 3.8) is 0 Å². The van der Waals surface area contributed by atoms with Crippen molar-refractivity contribution in [2.45, 2.75) is 6.42 Å². The van der Waals surface area contributed by atoms with Crippen LogP contribution in [0.1, 0.15) is 6.42 Å². The molecule has 0 saturated heterocycles. The van der Waals surface area contributed by atoms with Crippen molar-refractivity contribution in [1.29, 1.82) is 0 Å². The first-order valence-corrected chi connectivity index (χ1v) is 6.48. The van der Waals surface area contributed by atoms with Crippen molar-refractivity contribution in [3.8, 4) is 5.75 Å². The molecule has 0 bridgehead atoms. The predicted octanol–water partition coefficient (Wildman–Crippen LogP) is 0.819. The highest BCUT2D eigenvalue weighted by Gasteiger charge is 2.09. The van der Waals surface area contributed by atoms with Gasteiger partial charge in [0.05, 0.1) is 12.9 Å². The molecule has 90 valence electrons. The van der Waals surface area contributed by atoms with E-state index in [0.717, 1.165) is 0 Å². The van der Waals surface area contributed by atoms with E-state index in [1.807, 2.05) is 0 Å². The average Bonchev–Trinajstić information content (AvgIpc) is 2.27. The van der Waals surface area contributed by atoms with Crippen LogP contribution in [0, 0.1) is 0 Å². The molecule has 0 amide bonds. The fourth-order valence-corrected chi connectivity index (χ4v) is 2.25. The fraction of sp³-hybridized carbons (Fsp3) is 0.400. The molecule has 0 aliphatic heterocycles. The van der Waals surface area contributed by atoms with E-state index in [-0.39, 0.29) is 18.8 Å². The van der Waals surface area contributed by atoms with Gasteiger partial charge in [-0.2, -0.15) is 0 Å². The van der Waals surface area contributed by atoms with Crippen LogP contribution < -0.4 is 9.46 Å². The van der Waals surface area contributed by atoms with Gasteiger partial charge in [0.15, 0.2) is 0 Å². The van der Waals surface area contributed by atoms with Crippen molar-refractivity contribution in [2.24, 2.45) is 0 Å². The fourth-order valence-electron chi connectivity index (χ4n) is 1.14. The maximum atomic E-state index is 11.5. The lowest BCUT2D eigenvalue weighted by molar-refractivity contribution is 0.295. The van der Waals surface area contributed by atoms with Gasteiger partial charge in [-0.25, -0.2) is 8.42 Å². The Morgan fingerprint density at radius 1 is 1.31 bits per heavy atom. The van der Waals surface area contributed by atoms with E-state index in [9.17, 15) is 8.42 Å². The molecule has 1 aromatic carbocycles. The number of aliphatic hydroxyl groups excluding tert-OH is 1. The number of sulfonamides is 1. The summed E-state index contributed by atoms with van der Waals surface area (Å²) in [4.78, 5) is 0. The monoisotopic (exact) mass is 245 g/mol. The Hall–Kier alpha value is -1.27. The zero-order valence-electron chi connectivity index (χ0n) is 9.01. The van der Waals surface area contributed by atoms with Crippen molar-refractivity contribution < 1.29 is 18.3 Å². The van der Waals surface area contributed by atoms with E-state index in [1.165, 1.54) is 0 Å². The molecule has 16 heavy (non-hydrogen) atoms. The van der Waals surface area contributed by atoms with Crippen LogP contribution in [-0.2, 0) is 10.0 Å². The van der Waals surface area contributed by atoms with Crippen LogP contribution in [-0.4, -0.2) is 33.0 Å². The Kier molecular flexibility index (Phi) is 4.57. The summed E-state index contributed by atoms with van der Waals surface area (Å²) in [7, 11) is -1.83. The van der Waals surface area contributed by atoms with Gasteiger partial charge in [0, 0.05) is 12.3 Å². The number of aliphatic hydroxyl groups is 1. The van der Waals surface area contributed by atoms with Crippen LogP contribution in [0.3, 0.4) is 0 Å². The highest BCUT2D eigenvalue weighted by atomic mass is 32.2. The number of ether oxygens (including phenoxy) is 1. The van der Waals surface area contributed by atoms with E-state index in [1.54, 1.807) is 31.4 Å². The van der Waals surface area contributed by atoms with E-state index >= 15 is 0 Å². The summed E-state index contributed by atoms with van der Waals surface area (Å²) in [6.45, 7) is -0.135. The zero-order valence-corrected chi connectivity index (χ0v) is 9.83. The summed E-state index contributed by atoms with van der Waals surface area (Å²) in [5.41, 5.74) is 0.485. The summed E-state index contributed by atoms with van der Waals surface area (Å²) >= 11 is 0. The topological polar surface area (TPSA) is 75.6 Å². The molecule has 0 fully saturated rings. The predicted molar refractivity (Wildman–Crippen MR) is 62.1 cm³/mol. The molecule has 6 heteroatoms. The first kappa shape index (κ1) is 12.8. The summed E-state index contributed by atoms with van der Waals surface area (Å²) < 4.78 is 30.3. The second kappa shape index (κ2) is 5.72. The maximum absolute atomic E-state index is 11.5. The van der Waals surface area contributed by atoms with E-state index in [0.29, 0.717) is 11.4 Å². The SMILES string of the molecule is COc1ccc(NS(=O)(=O)CCCO)cc1. The van der Waals surface area contributed by atoms with Gasteiger partial charge in [-0.3, -0.25) is 4.72 Å². The van der Waals surface area contributed by atoms with Crippen LogP contribution in [0.15, 0.2) is 24.3 Å². The highest BCUT2D eigenvalue weighted by Crippen LogP contribution is 2.16. The Morgan fingerprint density at radius 3 is 2.44 bits per heavy atom. The van der Waals surface area contributed by atoms with Crippen molar-refractivity contribution in [2.75, 3.05) is 24.2 Å². The molecule has 2 N–H and O–H groups in total. The second-order valence-electron chi connectivity index (χ2n) is 3.23. The van der Waals surface area contributed by atoms with Gasteiger partial charge in [-0.1, -0.05) is 0 Å². The van der Waals surface area contributed by atoms with Crippen LogP contribution in [0.2, 0.25) is 0 Å². The minimum Gasteiger partial charge on any atom is -0.497 e. The van der Waals surface area contributed by atoms with Gasteiger partial charge in [0.1, 0.15) is 5.75 Å². The molecular formula is C10H15NO4S. The number of nitrogens with one attached hydrogen (secondary N) is 1. The zero-order chi connectivity index (χ0) is 12.0. The maximum Gasteiger partial charge on any atom is 0.232 e. The second-order valence-corrected chi connectivity index (χ2v) is 5.07. The highest BCUT2D eigenvalue weighted by molar-refractivity contribution is 7.92. The lowest BCUT2D eigenvalue weighted by Gasteiger charge is -2.07. The quantitative estimate of drug-likeness (QED) is 0.778. The molecule has 0 heterocycles. The number of rotatable bonds is 6. The van der Waals surface area contributed by atoms with Crippen LogP contribution >= 0.6 is 0 Å². The molecule has 1 aromatic rings. The summed E-state index contributed by atoms with van der Waals surface area (Å²) in [6.07, 6.45) is 0.228. The van der Waals surface area contributed by atoms with Crippen LogP contribution in [0.25, 0.3) is 0 Å². The number of anilines is 1. The number of hydrogen-bond donors (Lipinski definition) is 2. The molecule has 0 unspecified atom stereocenters. The molecule has 0 atom stereocenters. The lowest BCUT2D eigenvalue weighted by Crippen LogP contribution is -2.17. The van der Waals surface area contributed by atoms with Crippen LogP contribution in [0.4, 0.5) is 5.69 Å². The molecule has 0 radical (unpaired) electrons. The largest absolute Gasteiger partial charge is 0.497 e. The Morgan fingerprint density at radius 2 is 1.94 bits per heavy atom. The van der Waals surface area contributed by atoms with E-state index in [4.69, 9.17) is 9.84 Å². The first-order chi connectivity index (χ1) is 7.57. The summed E-state index contributed by atoms with van der Waals surface area (Å²) in [6, 6.07) is 6.58. The van der Waals surface area contributed by atoms with Crippen molar-refractivity contribution in [3.05, 3.63) is 24.3 Å². The molecule has 0 aromatic heterocycles. The van der Waals surface area contributed by atoms with Gasteiger partial charge in [-0.05, 0) is 30.7 Å². The minimum atomic E-state index is -3.37. The smallest absolute Gasteiger partial charge is 0.232 e. The third-order valence-corrected chi connectivity index (χ3v) is 3.31.